The largest absolute Gasteiger partial charge is 0.462 e. The van der Waals surface area contributed by atoms with E-state index in [2.05, 4.69) is 52.8 Å². The van der Waals surface area contributed by atoms with Crippen molar-refractivity contribution in [2.45, 2.75) is 124 Å². The van der Waals surface area contributed by atoms with E-state index < -0.39 is 11.9 Å². The first kappa shape index (κ1) is 32.6. The third-order valence-corrected chi connectivity index (χ3v) is 7.14. The Labute approximate surface area is 237 Å². The van der Waals surface area contributed by atoms with Crippen molar-refractivity contribution in [3.05, 3.63) is 70.3 Å². The minimum absolute atomic E-state index is 0.326. The van der Waals surface area contributed by atoms with Crippen LogP contribution in [0, 0.1) is 0 Å². The van der Waals surface area contributed by atoms with Crippen LogP contribution in [0.4, 0.5) is 0 Å². The van der Waals surface area contributed by atoms with Gasteiger partial charge in [-0.3, -0.25) is 0 Å². The molecule has 0 amide bonds. The number of carbonyl (C=O) groups is 2. The van der Waals surface area contributed by atoms with Crippen LogP contribution in [-0.4, -0.2) is 25.2 Å². The number of rotatable bonds is 18. The Morgan fingerprint density at radius 1 is 0.641 bits per heavy atom. The molecule has 216 valence electrons. The van der Waals surface area contributed by atoms with E-state index in [1.165, 1.54) is 38.5 Å². The van der Waals surface area contributed by atoms with Gasteiger partial charge in [0.1, 0.15) is 0 Å². The van der Waals surface area contributed by atoms with Crippen LogP contribution >= 0.6 is 0 Å². The Kier molecular flexibility index (Phi) is 14.9. The maximum Gasteiger partial charge on any atom is 0.339 e. The SMILES string of the molecule is CCCCCCCCOC(=O)c1cc(Cc2ccccc2)cc(C(C)(C)C)c1C(=O)OCCCCCCCC. The zero-order valence-corrected chi connectivity index (χ0v) is 25.3. The molecule has 0 aliphatic heterocycles. The summed E-state index contributed by atoms with van der Waals surface area (Å²) in [5.74, 6) is -0.859. The van der Waals surface area contributed by atoms with Crippen molar-refractivity contribution in [1.29, 1.82) is 0 Å². The van der Waals surface area contributed by atoms with Crippen LogP contribution in [0.25, 0.3) is 0 Å². The molecule has 0 saturated heterocycles. The molecule has 0 spiro atoms. The number of unbranched alkanes of at least 4 members (excludes halogenated alkanes) is 10. The molecule has 4 nitrogen and oxygen atoms in total. The Morgan fingerprint density at radius 3 is 1.69 bits per heavy atom. The van der Waals surface area contributed by atoms with E-state index in [9.17, 15) is 9.59 Å². The molecule has 2 aromatic carbocycles. The number of carbonyl (C=O) groups excluding carboxylic acids is 2. The highest BCUT2D eigenvalue weighted by molar-refractivity contribution is 6.04. The monoisotopic (exact) mass is 536 g/mol. The fourth-order valence-corrected chi connectivity index (χ4v) is 4.85. The molecule has 0 aliphatic rings. The molecule has 0 N–H and O–H groups in total. The van der Waals surface area contributed by atoms with Crippen LogP contribution in [0.2, 0.25) is 0 Å². The number of benzene rings is 2. The van der Waals surface area contributed by atoms with Crippen LogP contribution in [0.3, 0.4) is 0 Å². The summed E-state index contributed by atoms with van der Waals surface area (Å²) < 4.78 is 11.5. The maximum absolute atomic E-state index is 13.5. The summed E-state index contributed by atoms with van der Waals surface area (Å²) in [7, 11) is 0. The second kappa shape index (κ2) is 17.9. The quantitative estimate of drug-likeness (QED) is 0.141. The minimum Gasteiger partial charge on any atom is -0.462 e. The molecule has 0 aromatic heterocycles. The molecular weight excluding hydrogens is 484 g/mol. The highest BCUT2D eigenvalue weighted by atomic mass is 16.5. The number of hydrogen-bond donors (Lipinski definition) is 0. The van der Waals surface area contributed by atoms with Crippen molar-refractivity contribution in [3.63, 3.8) is 0 Å². The van der Waals surface area contributed by atoms with Crippen molar-refractivity contribution in [2.24, 2.45) is 0 Å². The highest BCUT2D eigenvalue weighted by Crippen LogP contribution is 2.32. The smallest absolute Gasteiger partial charge is 0.339 e. The Bertz CT molecular complexity index is 988. The van der Waals surface area contributed by atoms with E-state index in [0.29, 0.717) is 30.8 Å². The molecule has 0 saturated carbocycles. The molecule has 39 heavy (non-hydrogen) atoms. The molecule has 0 radical (unpaired) electrons. The van der Waals surface area contributed by atoms with Crippen molar-refractivity contribution in [1.82, 2.24) is 0 Å². The highest BCUT2D eigenvalue weighted by Gasteiger charge is 2.30. The summed E-state index contributed by atoms with van der Waals surface area (Å²) in [4.78, 5) is 26.9. The molecule has 0 unspecified atom stereocenters. The third-order valence-electron chi connectivity index (χ3n) is 7.14. The standard InChI is InChI=1S/C35H52O4/c1-6-8-10-12-14-19-23-38-33(36)30-26-29(25-28-21-17-16-18-22-28)27-31(35(3,4)5)32(30)34(37)39-24-20-15-13-11-9-7-2/h16-18,21-22,26-27H,6-15,19-20,23-25H2,1-5H3. The average Bonchev–Trinajstić information content (AvgIpc) is 2.91. The fraction of sp³-hybridized carbons (Fsp3) is 0.600. The van der Waals surface area contributed by atoms with Gasteiger partial charge in [-0.05, 0) is 47.4 Å². The minimum atomic E-state index is -0.435. The van der Waals surface area contributed by atoms with E-state index >= 15 is 0 Å². The second-order valence-electron chi connectivity index (χ2n) is 11.8. The summed E-state index contributed by atoms with van der Waals surface area (Å²) in [6, 6.07) is 14.1. The van der Waals surface area contributed by atoms with E-state index in [1.807, 2.05) is 24.3 Å². The Balaban J connectivity index is 2.26. The van der Waals surface area contributed by atoms with E-state index in [4.69, 9.17) is 9.47 Å². The fourth-order valence-electron chi connectivity index (χ4n) is 4.85. The van der Waals surface area contributed by atoms with Gasteiger partial charge >= 0.3 is 11.9 Å². The van der Waals surface area contributed by atoms with Gasteiger partial charge < -0.3 is 9.47 Å². The number of ether oxygens (including phenoxy) is 2. The van der Waals surface area contributed by atoms with E-state index in [-0.39, 0.29) is 5.41 Å². The van der Waals surface area contributed by atoms with Gasteiger partial charge in [0, 0.05) is 0 Å². The number of esters is 2. The first-order valence-corrected chi connectivity index (χ1v) is 15.3. The Hall–Kier alpha value is -2.62. The topological polar surface area (TPSA) is 52.6 Å². The predicted octanol–water partition coefficient (Wildman–Crippen LogP) is 9.61. The lowest BCUT2D eigenvalue weighted by molar-refractivity contribution is 0.0448. The zero-order valence-electron chi connectivity index (χ0n) is 25.3. The lowest BCUT2D eigenvalue weighted by atomic mass is 9.80. The van der Waals surface area contributed by atoms with Crippen LogP contribution in [0.15, 0.2) is 42.5 Å². The second-order valence-corrected chi connectivity index (χ2v) is 11.8. The summed E-state index contributed by atoms with van der Waals surface area (Å²) in [6.45, 7) is 11.4. The zero-order chi connectivity index (χ0) is 28.5. The summed E-state index contributed by atoms with van der Waals surface area (Å²) in [5.41, 5.74) is 3.31. The lowest BCUT2D eigenvalue weighted by Gasteiger charge is -2.25. The number of hydrogen-bond acceptors (Lipinski definition) is 4. The molecule has 4 heteroatoms. The van der Waals surface area contributed by atoms with Crippen LogP contribution in [0.1, 0.15) is 149 Å². The van der Waals surface area contributed by atoms with Gasteiger partial charge in [0.05, 0.1) is 24.3 Å². The van der Waals surface area contributed by atoms with Gasteiger partial charge in [0.2, 0.25) is 0 Å². The van der Waals surface area contributed by atoms with Crippen molar-refractivity contribution < 1.29 is 19.1 Å². The van der Waals surface area contributed by atoms with E-state index in [1.54, 1.807) is 0 Å². The molecule has 2 aromatic rings. The first-order chi connectivity index (χ1) is 18.8. The maximum atomic E-state index is 13.5. The molecule has 0 aliphatic carbocycles. The molecule has 2 rings (SSSR count). The lowest BCUT2D eigenvalue weighted by Crippen LogP contribution is -2.24. The van der Waals surface area contributed by atoms with Crippen LogP contribution in [-0.2, 0) is 21.3 Å². The average molecular weight is 537 g/mol. The Morgan fingerprint density at radius 2 is 1.15 bits per heavy atom. The van der Waals surface area contributed by atoms with Gasteiger partial charge in [-0.25, -0.2) is 9.59 Å². The molecular formula is C35H52O4. The molecule has 0 atom stereocenters. The summed E-state index contributed by atoms with van der Waals surface area (Å²) in [5, 5.41) is 0. The third kappa shape index (κ3) is 12.0. The van der Waals surface area contributed by atoms with E-state index in [0.717, 1.165) is 55.2 Å². The van der Waals surface area contributed by atoms with Crippen molar-refractivity contribution in [3.8, 4) is 0 Å². The van der Waals surface area contributed by atoms with Gasteiger partial charge in [-0.2, -0.15) is 0 Å². The first-order valence-electron chi connectivity index (χ1n) is 15.3. The predicted molar refractivity (Wildman–Crippen MR) is 162 cm³/mol. The van der Waals surface area contributed by atoms with Gasteiger partial charge in [-0.1, -0.05) is 135 Å². The van der Waals surface area contributed by atoms with Crippen LogP contribution < -0.4 is 0 Å². The van der Waals surface area contributed by atoms with Gasteiger partial charge in [0.25, 0.3) is 0 Å². The normalized spacial score (nSPS) is 11.4. The van der Waals surface area contributed by atoms with Crippen LogP contribution in [0.5, 0.6) is 0 Å². The van der Waals surface area contributed by atoms with Crippen molar-refractivity contribution in [2.75, 3.05) is 13.2 Å². The summed E-state index contributed by atoms with van der Waals surface area (Å²) in [6.07, 6.45) is 14.1. The van der Waals surface area contributed by atoms with Crippen molar-refractivity contribution >= 4 is 11.9 Å². The molecule has 0 fully saturated rings. The molecule has 0 bridgehead atoms. The molecule has 0 heterocycles. The van der Waals surface area contributed by atoms with Gasteiger partial charge in [-0.15, -0.1) is 0 Å². The summed E-state index contributed by atoms with van der Waals surface area (Å²) >= 11 is 0. The van der Waals surface area contributed by atoms with Gasteiger partial charge in [0.15, 0.2) is 0 Å².